The quantitative estimate of drug-likeness (QED) is 0.796. The van der Waals surface area contributed by atoms with E-state index in [2.05, 4.69) is 11.8 Å². The van der Waals surface area contributed by atoms with Crippen molar-refractivity contribution in [3.05, 3.63) is 0 Å². The summed E-state index contributed by atoms with van der Waals surface area (Å²) in [5, 5.41) is 0. The predicted octanol–water partition coefficient (Wildman–Crippen LogP) is 0.765. The summed E-state index contributed by atoms with van der Waals surface area (Å²) in [6.45, 7) is 3.17. The fraction of sp³-hybridized carbons (Fsp3) is 1.00. The second-order valence-corrected chi connectivity index (χ2v) is 7.85. The van der Waals surface area contributed by atoms with Crippen LogP contribution in [0.4, 0.5) is 0 Å². The Balaban J connectivity index is 2.00. The van der Waals surface area contributed by atoms with Crippen molar-refractivity contribution in [3.63, 3.8) is 0 Å². The first-order valence-electron chi connectivity index (χ1n) is 6.71. The molecule has 0 aromatic heterocycles. The summed E-state index contributed by atoms with van der Waals surface area (Å²) in [7, 11) is -2.75. The molecule has 0 aliphatic carbocycles. The lowest BCUT2D eigenvalue weighted by atomic mass is 9.93. The Labute approximate surface area is 104 Å². The summed E-state index contributed by atoms with van der Waals surface area (Å²) in [6.07, 6.45) is 5.25. The number of rotatable bonds is 2. The molecule has 17 heavy (non-hydrogen) atoms. The maximum absolute atomic E-state index is 11.5. The van der Waals surface area contributed by atoms with Gasteiger partial charge in [-0.1, -0.05) is 6.42 Å². The van der Waals surface area contributed by atoms with E-state index in [1.54, 1.807) is 0 Å². The Hall–Kier alpha value is -0.130. The van der Waals surface area contributed by atoms with Crippen molar-refractivity contribution in [1.29, 1.82) is 0 Å². The van der Waals surface area contributed by atoms with E-state index in [1.807, 2.05) is 0 Å². The molecule has 0 spiro atoms. The molecule has 5 heteroatoms. The third-order valence-electron chi connectivity index (χ3n) is 4.19. The van der Waals surface area contributed by atoms with Crippen LogP contribution >= 0.6 is 0 Å². The standard InChI is InChI=1S/C12H24N2O2S/c1-10(13)12-4-2-3-7-14(12)11-5-8-17(15,16)9-6-11/h10-12H,2-9,13H2,1H3. The number of hydrogen-bond donors (Lipinski definition) is 1. The molecular weight excluding hydrogens is 236 g/mol. The number of piperidine rings is 1. The Bertz CT molecular complexity index is 340. The molecular formula is C12H24N2O2S. The van der Waals surface area contributed by atoms with Gasteiger partial charge in [0.2, 0.25) is 0 Å². The van der Waals surface area contributed by atoms with Gasteiger partial charge in [0.15, 0.2) is 0 Å². The van der Waals surface area contributed by atoms with E-state index in [9.17, 15) is 8.42 Å². The Morgan fingerprint density at radius 3 is 2.41 bits per heavy atom. The summed E-state index contributed by atoms with van der Waals surface area (Å²) in [5.74, 6) is 0.722. The van der Waals surface area contributed by atoms with Crippen molar-refractivity contribution in [1.82, 2.24) is 4.90 Å². The van der Waals surface area contributed by atoms with Gasteiger partial charge in [0, 0.05) is 18.1 Å². The van der Waals surface area contributed by atoms with E-state index in [4.69, 9.17) is 5.73 Å². The minimum atomic E-state index is -2.75. The highest BCUT2D eigenvalue weighted by molar-refractivity contribution is 7.91. The van der Waals surface area contributed by atoms with E-state index in [0.29, 0.717) is 23.6 Å². The maximum atomic E-state index is 11.5. The molecule has 2 saturated heterocycles. The Kier molecular flexibility index (Phi) is 4.10. The van der Waals surface area contributed by atoms with E-state index in [1.165, 1.54) is 19.3 Å². The van der Waals surface area contributed by atoms with Crippen LogP contribution in [-0.2, 0) is 9.84 Å². The van der Waals surface area contributed by atoms with Crippen molar-refractivity contribution < 1.29 is 8.42 Å². The van der Waals surface area contributed by atoms with Crippen molar-refractivity contribution in [2.24, 2.45) is 5.73 Å². The summed E-state index contributed by atoms with van der Waals surface area (Å²) in [4.78, 5) is 2.49. The number of nitrogens with zero attached hydrogens (tertiary/aromatic N) is 1. The van der Waals surface area contributed by atoms with Crippen LogP contribution in [0.15, 0.2) is 0 Å². The highest BCUT2D eigenvalue weighted by atomic mass is 32.2. The van der Waals surface area contributed by atoms with Gasteiger partial charge in [-0.3, -0.25) is 4.90 Å². The van der Waals surface area contributed by atoms with Gasteiger partial charge in [-0.15, -0.1) is 0 Å². The molecule has 0 aromatic carbocycles. The van der Waals surface area contributed by atoms with E-state index in [0.717, 1.165) is 19.4 Å². The largest absolute Gasteiger partial charge is 0.327 e. The van der Waals surface area contributed by atoms with Crippen LogP contribution in [0.3, 0.4) is 0 Å². The van der Waals surface area contributed by atoms with Crippen LogP contribution in [0.1, 0.15) is 39.0 Å². The fourth-order valence-corrected chi connectivity index (χ4v) is 4.67. The predicted molar refractivity (Wildman–Crippen MR) is 69.7 cm³/mol. The molecule has 0 bridgehead atoms. The Morgan fingerprint density at radius 2 is 1.82 bits per heavy atom. The molecule has 2 heterocycles. The van der Waals surface area contributed by atoms with Crippen LogP contribution in [0, 0.1) is 0 Å². The first-order valence-corrected chi connectivity index (χ1v) is 8.53. The van der Waals surface area contributed by atoms with Crippen molar-refractivity contribution in [3.8, 4) is 0 Å². The van der Waals surface area contributed by atoms with Gasteiger partial charge >= 0.3 is 0 Å². The van der Waals surface area contributed by atoms with Crippen LogP contribution < -0.4 is 5.73 Å². The van der Waals surface area contributed by atoms with E-state index < -0.39 is 9.84 Å². The zero-order valence-corrected chi connectivity index (χ0v) is 11.5. The van der Waals surface area contributed by atoms with Gasteiger partial charge in [-0.25, -0.2) is 8.42 Å². The Morgan fingerprint density at radius 1 is 1.18 bits per heavy atom. The fourth-order valence-electron chi connectivity index (χ4n) is 3.21. The lowest BCUT2D eigenvalue weighted by Crippen LogP contribution is -2.55. The van der Waals surface area contributed by atoms with Gasteiger partial charge in [0.05, 0.1) is 11.5 Å². The maximum Gasteiger partial charge on any atom is 0.150 e. The van der Waals surface area contributed by atoms with Crippen LogP contribution in [0.2, 0.25) is 0 Å². The van der Waals surface area contributed by atoms with Crippen molar-refractivity contribution in [2.45, 2.75) is 57.2 Å². The molecule has 0 saturated carbocycles. The van der Waals surface area contributed by atoms with Crippen molar-refractivity contribution in [2.75, 3.05) is 18.1 Å². The van der Waals surface area contributed by atoms with Gasteiger partial charge in [-0.05, 0) is 39.2 Å². The average molecular weight is 260 g/mol. The molecule has 100 valence electrons. The number of hydrogen-bond acceptors (Lipinski definition) is 4. The first kappa shape index (κ1) is 13.3. The normalized spacial score (nSPS) is 33.4. The van der Waals surface area contributed by atoms with Crippen molar-refractivity contribution >= 4 is 9.84 Å². The molecule has 2 aliphatic heterocycles. The molecule has 2 rings (SSSR count). The van der Waals surface area contributed by atoms with E-state index >= 15 is 0 Å². The average Bonchev–Trinajstić information content (AvgIpc) is 2.29. The van der Waals surface area contributed by atoms with Gasteiger partial charge in [0.25, 0.3) is 0 Å². The van der Waals surface area contributed by atoms with Crippen LogP contribution in [0.5, 0.6) is 0 Å². The summed E-state index contributed by atoms with van der Waals surface area (Å²) in [6, 6.07) is 1.08. The first-order chi connectivity index (χ1) is 7.99. The summed E-state index contributed by atoms with van der Waals surface area (Å²) >= 11 is 0. The molecule has 2 unspecified atom stereocenters. The highest BCUT2D eigenvalue weighted by Gasteiger charge is 2.34. The summed E-state index contributed by atoms with van der Waals surface area (Å²) < 4.78 is 22.9. The monoisotopic (exact) mass is 260 g/mol. The minimum absolute atomic E-state index is 0.189. The highest BCUT2D eigenvalue weighted by Crippen LogP contribution is 2.27. The van der Waals surface area contributed by atoms with Gasteiger partial charge < -0.3 is 5.73 Å². The molecule has 2 aliphatic rings. The second kappa shape index (κ2) is 5.24. The lowest BCUT2D eigenvalue weighted by Gasteiger charge is -2.44. The zero-order valence-electron chi connectivity index (χ0n) is 10.6. The molecule has 0 amide bonds. The number of nitrogens with two attached hydrogens (primary N) is 1. The summed E-state index contributed by atoms with van der Waals surface area (Å²) in [5.41, 5.74) is 6.06. The lowest BCUT2D eigenvalue weighted by molar-refractivity contribution is 0.0756. The number of sulfone groups is 1. The molecule has 2 N–H and O–H groups in total. The second-order valence-electron chi connectivity index (χ2n) is 5.54. The van der Waals surface area contributed by atoms with Gasteiger partial charge in [-0.2, -0.15) is 0 Å². The SMILES string of the molecule is CC(N)C1CCCCN1C1CCS(=O)(=O)CC1. The van der Waals surface area contributed by atoms with Gasteiger partial charge in [0.1, 0.15) is 9.84 Å². The van der Waals surface area contributed by atoms with E-state index in [-0.39, 0.29) is 6.04 Å². The number of likely N-dealkylation sites (tertiary alicyclic amines) is 1. The third-order valence-corrected chi connectivity index (χ3v) is 5.91. The molecule has 0 aromatic rings. The molecule has 2 fully saturated rings. The van der Waals surface area contributed by atoms with Crippen LogP contribution in [-0.4, -0.2) is 49.5 Å². The molecule has 0 radical (unpaired) electrons. The minimum Gasteiger partial charge on any atom is -0.327 e. The topological polar surface area (TPSA) is 63.4 Å². The zero-order chi connectivity index (χ0) is 12.5. The molecule has 2 atom stereocenters. The smallest absolute Gasteiger partial charge is 0.150 e. The third kappa shape index (κ3) is 3.20. The van der Waals surface area contributed by atoms with Crippen LogP contribution in [0.25, 0.3) is 0 Å². The molecule has 4 nitrogen and oxygen atoms in total.